The van der Waals surface area contributed by atoms with Gasteiger partial charge >= 0.3 is 5.69 Å². The van der Waals surface area contributed by atoms with Gasteiger partial charge in [0.25, 0.3) is 5.91 Å². The third-order valence-electron chi connectivity index (χ3n) is 4.64. The summed E-state index contributed by atoms with van der Waals surface area (Å²) in [7, 11) is 0. The van der Waals surface area contributed by atoms with E-state index in [1.807, 2.05) is 37.3 Å². The number of amides is 2. The van der Waals surface area contributed by atoms with Crippen molar-refractivity contribution in [2.45, 2.75) is 32.9 Å². The van der Waals surface area contributed by atoms with Gasteiger partial charge in [0.05, 0.1) is 16.6 Å². The van der Waals surface area contributed by atoms with Crippen molar-refractivity contribution in [2.75, 3.05) is 6.61 Å². The number of nitriles is 1. The molecule has 0 spiro atoms. The quantitative estimate of drug-likeness (QED) is 0.537. The number of nitrogens with zero attached hydrogens (tertiary/aromatic N) is 3. The molecule has 0 aliphatic heterocycles. The Morgan fingerprint density at radius 3 is 2.26 bits per heavy atom. The average molecular weight is 421 g/mol. The maximum Gasteiger partial charge on any atom is 0.329 e. The number of hydrogen-bond acceptors (Lipinski definition) is 5. The van der Waals surface area contributed by atoms with Crippen molar-refractivity contribution < 1.29 is 14.3 Å². The molecule has 2 aromatic carbocycles. The zero-order chi connectivity index (χ0) is 22.2. The summed E-state index contributed by atoms with van der Waals surface area (Å²) in [6.45, 7) is 2.42. The Bertz CT molecular complexity index is 1190. The van der Waals surface area contributed by atoms with Gasteiger partial charge in [0.2, 0.25) is 5.91 Å². The number of aryl methyl sites for hydroxylation is 2. The van der Waals surface area contributed by atoms with E-state index < -0.39 is 11.8 Å². The number of para-hydroxylation sites is 3. The summed E-state index contributed by atoms with van der Waals surface area (Å²) in [5.41, 5.74) is 6.32. The second-order valence-electron chi connectivity index (χ2n) is 6.82. The minimum absolute atomic E-state index is 0.0123. The number of hydrazine groups is 1. The topological polar surface area (TPSA) is 118 Å². The molecule has 3 aromatic rings. The van der Waals surface area contributed by atoms with Crippen LogP contribution in [0.2, 0.25) is 0 Å². The van der Waals surface area contributed by atoms with Crippen LogP contribution in [0.5, 0.6) is 5.75 Å². The molecule has 9 heteroatoms. The lowest BCUT2D eigenvalue weighted by molar-refractivity contribution is -0.130. The van der Waals surface area contributed by atoms with Crippen molar-refractivity contribution in [3.8, 4) is 11.8 Å². The number of nitrogens with one attached hydrogen (secondary N) is 2. The maximum absolute atomic E-state index is 12.7. The van der Waals surface area contributed by atoms with Crippen LogP contribution in [-0.2, 0) is 22.7 Å². The van der Waals surface area contributed by atoms with Crippen molar-refractivity contribution in [3.05, 3.63) is 64.6 Å². The van der Waals surface area contributed by atoms with E-state index in [9.17, 15) is 14.4 Å². The van der Waals surface area contributed by atoms with Gasteiger partial charge in [-0.3, -0.25) is 29.6 Å². The number of carbonyl (C=O) groups excluding carboxylic acids is 2. The maximum atomic E-state index is 12.7. The van der Waals surface area contributed by atoms with Gasteiger partial charge in [0.15, 0.2) is 6.61 Å². The number of ether oxygens (including phenoxy) is 1. The molecule has 0 bridgehead atoms. The van der Waals surface area contributed by atoms with Crippen LogP contribution >= 0.6 is 0 Å². The van der Waals surface area contributed by atoms with E-state index in [0.29, 0.717) is 12.1 Å². The predicted octanol–water partition coefficient (Wildman–Crippen LogP) is 1.70. The fourth-order valence-electron chi connectivity index (χ4n) is 3.21. The second kappa shape index (κ2) is 10.1. The Labute approximate surface area is 178 Å². The predicted molar refractivity (Wildman–Crippen MR) is 114 cm³/mol. The molecule has 1 heterocycles. The van der Waals surface area contributed by atoms with E-state index in [0.717, 1.165) is 17.5 Å². The molecule has 3 rings (SSSR count). The fourth-order valence-corrected chi connectivity index (χ4v) is 3.21. The van der Waals surface area contributed by atoms with Gasteiger partial charge in [-0.15, -0.1) is 0 Å². The first-order chi connectivity index (χ1) is 15.0. The summed E-state index contributed by atoms with van der Waals surface area (Å²) in [4.78, 5) is 36.8. The number of aromatic nitrogens is 2. The number of benzene rings is 2. The Morgan fingerprint density at radius 2 is 1.58 bits per heavy atom. The first-order valence-corrected chi connectivity index (χ1v) is 9.92. The number of carbonyl (C=O) groups is 2. The van der Waals surface area contributed by atoms with E-state index in [1.54, 1.807) is 33.4 Å². The molecule has 160 valence electrons. The summed E-state index contributed by atoms with van der Waals surface area (Å²) >= 11 is 0. The van der Waals surface area contributed by atoms with E-state index >= 15 is 0 Å². The highest BCUT2D eigenvalue weighted by atomic mass is 16.5. The Morgan fingerprint density at radius 1 is 0.968 bits per heavy atom. The first kappa shape index (κ1) is 21.6. The monoisotopic (exact) mass is 421 g/mol. The van der Waals surface area contributed by atoms with Crippen LogP contribution < -0.4 is 21.3 Å². The Balaban J connectivity index is 1.53. The van der Waals surface area contributed by atoms with Crippen LogP contribution in [0.25, 0.3) is 11.0 Å². The highest BCUT2D eigenvalue weighted by molar-refractivity contribution is 5.83. The third kappa shape index (κ3) is 5.11. The van der Waals surface area contributed by atoms with Crippen LogP contribution in [0, 0.1) is 11.3 Å². The van der Waals surface area contributed by atoms with Crippen LogP contribution in [0.15, 0.2) is 53.3 Å². The average Bonchev–Trinajstić information content (AvgIpc) is 3.06. The fraction of sp³-hybridized carbons (Fsp3) is 0.273. The SMILES string of the molecule is CCCn1c(=O)n(CCC(=O)NNC(=O)COc2ccccc2C#N)c2ccccc21. The number of hydrogen-bond donors (Lipinski definition) is 2. The molecule has 2 amide bonds. The smallest absolute Gasteiger partial charge is 0.329 e. The zero-order valence-corrected chi connectivity index (χ0v) is 17.1. The first-order valence-electron chi connectivity index (χ1n) is 9.92. The molecule has 0 fully saturated rings. The normalized spacial score (nSPS) is 10.5. The summed E-state index contributed by atoms with van der Waals surface area (Å²) in [6.07, 6.45) is 0.833. The van der Waals surface area contributed by atoms with Crippen LogP contribution in [-0.4, -0.2) is 27.6 Å². The molecule has 0 aliphatic rings. The molecular weight excluding hydrogens is 398 g/mol. The third-order valence-corrected chi connectivity index (χ3v) is 4.64. The Kier molecular flexibility index (Phi) is 7.06. The minimum atomic E-state index is -0.571. The van der Waals surface area contributed by atoms with Gasteiger partial charge in [-0.2, -0.15) is 5.26 Å². The highest BCUT2D eigenvalue weighted by Gasteiger charge is 2.14. The molecule has 1 aromatic heterocycles. The molecular formula is C22H23N5O4. The summed E-state index contributed by atoms with van der Waals surface area (Å²) < 4.78 is 8.57. The highest BCUT2D eigenvalue weighted by Crippen LogP contribution is 2.16. The van der Waals surface area contributed by atoms with Crippen molar-refractivity contribution in [2.24, 2.45) is 0 Å². The van der Waals surface area contributed by atoms with E-state index in [4.69, 9.17) is 10.00 Å². The van der Waals surface area contributed by atoms with E-state index in [2.05, 4.69) is 10.9 Å². The van der Waals surface area contributed by atoms with Crippen molar-refractivity contribution >= 4 is 22.8 Å². The van der Waals surface area contributed by atoms with Gasteiger partial charge < -0.3 is 4.74 Å². The van der Waals surface area contributed by atoms with Gasteiger partial charge in [-0.05, 0) is 30.7 Å². The minimum Gasteiger partial charge on any atom is -0.482 e. The number of imidazole rings is 1. The standard InChI is InChI=1S/C22H23N5O4/c1-2-12-26-17-8-4-5-9-18(17)27(22(26)30)13-11-20(28)24-25-21(29)15-31-19-10-6-3-7-16(19)14-23/h3-10H,2,11-13,15H2,1H3,(H,24,28)(H,25,29). The van der Waals surface area contributed by atoms with Crippen LogP contribution in [0.4, 0.5) is 0 Å². The molecule has 0 radical (unpaired) electrons. The number of fused-ring (bicyclic) bond motifs is 1. The van der Waals surface area contributed by atoms with Crippen molar-refractivity contribution in [1.29, 1.82) is 5.26 Å². The van der Waals surface area contributed by atoms with E-state index in [1.165, 1.54) is 0 Å². The van der Waals surface area contributed by atoms with Gasteiger partial charge in [0.1, 0.15) is 11.8 Å². The van der Waals surface area contributed by atoms with Gasteiger partial charge in [0, 0.05) is 19.5 Å². The lowest BCUT2D eigenvalue weighted by Crippen LogP contribution is -2.44. The molecule has 31 heavy (non-hydrogen) atoms. The molecule has 0 aliphatic carbocycles. The van der Waals surface area contributed by atoms with Crippen molar-refractivity contribution in [1.82, 2.24) is 20.0 Å². The van der Waals surface area contributed by atoms with Gasteiger partial charge in [-0.25, -0.2) is 4.79 Å². The molecule has 0 saturated heterocycles. The number of rotatable bonds is 8. The Hall–Kier alpha value is -4.06. The van der Waals surface area contributed by atoms with Crippen molar-refractivity contribution in [3.63, 3.8) is 0 Å². The molecule has 0 unspecified atom stereocenters. The second-order valence-corrected chi connectivity index (χ2v) is 6.82. The molecule has 0 saturated carbocycles. The lowest BCUT2D eigenvalue weighted by atomic mass is 10.2. The lowest BCUT2D eigenvalue weighted by Gasteiger charge is -2.10. The molecule has 0 atom stereocenters. The molecule has 9 nitrogen and oxygen atoms in total. The van der Waals surface area contributed by atoms with E-state index in [-0.39, 0.29) is 31.0 Å². The summed E-state index contributed by atoms with van der Waals surface area (Å²) in [6, 6.07) is 16.0. The summed E-state index contributed by atoms with van der Waals surface area (Å²) in [5, 5.41) is 9.02. The van der Waals surface area contributed by atoms with Crippen LogP contribution in [0.1, 0.15) is 25.3 Å². The summed E-state index contributed by atoms with van der Waals surface area (Å²) in [5.74, 6) is -0.725. The zero-order valence-electron chi connectivity index (χ0n) is 17.1. The van der Waals surface area contributed by atoms with Gasteiger partial charge in [-0.1, -0.05) is 31.2 Å². The molecule has 2 N–H and O–H groups in total. The van der Waals surface area contributed by atoms with Crippen LogP contribution in [0.3, 0.4) is 0 Å². The largest absolute Gasteiger partial charge is 0.482 e.